The van der Waals surface area contributed by atoms with Gasteiger partial charge in [0.2, 0.25) is 0 Å². The lowest BCUT2D eigenvalue weighted by molar-refractivity contribution is -0.382. The molecule has 0 aromatic rings. The van der Waals surface area contributed by atoms with Crippen LogP contribution in [0.1, 0.15) is 219 Å². The molecular weight excluding hydrogens is 1390 g/mol. The van der Waals surface area contributed by atoms with Gasteiger partial charge >= 0.3 is 76.4 Å². The summed E-state index contributed by atoms with van der Waals surface area (Å²) >= 11 is 0. The van der Waals surface area contributed by atoms with Crippen LogP contribution in [0.3, 0.4) is 0 Å². The summed E-state index contributed by atoms with van der Waals surface area (Å²) in [6.45, 7) is -5.46. The van der Waals surface area contributed by atoms with Crippen LogP contribution in [0.15, 0.2) is 0 Å². The lowest BCUT2D eigenvalue weighted by atomic mass is 10.0. The number of halogens is 21. The van der Waals surface area contributed by atoms with Crippen molar-refractivity contribution in [3.8, 4) is 0 Å². The van der Waals surface area contributed by atoms with Crippen LogP contribution < -0.4 is 11.1 Å². The molecule has 0 spiro atoms. The molecule has 0 saturated carbocycles. The molecule has 15 nitrogen and oxygen atoms in total. The van der Waals surface area contributed by atoms with E-state index in [1.54, 1.807) is 0 Å². The zero-order chi connectivity index (χ0) is 73.9. The van der Waals surface area contributed by atoms with Gasteiger partial charge in [0.15, 0.2) is 6.61 Å². The molecule has 38 heteroatoms. The van der Waals surface area contributed by atoms with E-state index in [-0.39, 0.29) is 11.4 Å². The normalized spacial score (nSPS) is 15.6. The van der Waals surface area contributed by atoms with E-state index >= 15 is 0 Å². The second-order valence-corrected chi connectivity index (χ2v) is 27.5. The summed E-state index contributed by atoms with van der Waals surface area (Å²) < 4.78 is 321. The first kappa shape index (κ1) is 92.2. The van der Waals surface area contributed by atoms with Crippen molar-refractivity contribution in [2.45, 2.75) is 272 Å². The van der Waals surface area contributed by atoms with Crippen molar-refractivity contribution in [3.05, 3.63) is 0 Å². The minimum atomic E-state index is -7.46. The van der Waals surface area contributed by atoms with Gasteiger partial charge < -0.3 is 25.6 Å². The van der Waals surface area contributed by atoms with Crippen molar-refractivity contribution in [2.75, 3.05) is 72.1 Å². The zero-order valence-electron chi connectivity index (χ0n) is 54.2. The fourth-order valence-corrected chi connectivity index (χ4v) is 12.6. The standard InChI is InChI=1S/C28H46F9N3O4S.C18H39N.C12H10F12N2O5S/c1-2-3-4-5-6-7-8-9-10-11-12-13-14-15-16-17-18-38-23(41)24(42)39-19-21-40(22-20-39)45(43,44)28(36,37)26(31,32)25(29,30)27(33,34)35;1-2-3-4-5-6-7-8-9-10-11-12-13-14-15-16-17-18-19;13-8(14,15)5-31-7(28)6(27)25-1-3-26(4-2-25)32(29,30)12(23,24)10(18,19)9(16,17)11(20,21)22/h2-22H2,1H3,(H,38,41);2-19H2,1H3;1-5H2. The second-order valence-electron chi connectivity index (χ2n) is 23.6. The molecule has 0 radical (unpaired) electrons. The van der Waals surface area contributed by atoms with Crippen LogP contribution in [0.5, 0.6) is 0 Å². The minimum absolute atomic E-state index is 0.159. The molecule has 0 bridgehead atoms. The smallest absolute Gasteiger partial charge is 0.449 e. The van der Waals surface area contributed by atoms with Gasteiger partial charge in [-0.2, -0.15) is 101 Å². The van der Waals surface area contributed by atoms with Gasteiger partial charge in [-0.1, -0.05) is 206 Å². The van der Waals surface area contributed by atoms with Crippen molar-refractivity contribution < 1.29 is 133 Å². The topological polar surface area (TPSA) is 197 Å². The Kier molecular flexibility index (Phi) is 41.4. The molecule has 0 aromatic carbocycles. The molecule has 0 unspecified atom stereocenters. The van der Waals surface area contributed by atoms with Gasteiger partial charge in [-0.3, -0.25) is 14.4 Å². The summed E-state index contributed by atoms with van der Waals surface area (Å²) in [5, 5.41) is -11.4. The largest absolute Gasteiger partial charge is 0.460 e. The van der Waals surface area contributed by atoms with Gasteiger partial charge in [0.25, 0.3) is 20.0 Å². The van der Waals surface area contributed by atoms with E-state index in [2.05, 4.69) is 23.9 Å². The van der Waals surface area contributed by atoms with Gasteiger partial charge in [-0.15, -0.1) is 0 Å². The maximum atomic E-state index is 14.1. The van der Waals surface area contributed by atoms with Gasteiger partial charge in [-0.05, 0) is 19.4 Å². The number of unbranched alkanes of at least 4 members (excludes halogenated alkanes) is 30. The molecular formula is C58H95F21N6O9S2. The van der Waals surface area contributed by atoms with Crippen LogP contribution >= 0.6 is 0 Å². The minimum Gasteiger partial charge on any atom is -0.449 e. The Balaban J connectivity index is 0.00000154. The number of nitrogens with two attached hydrogens (primary N) is 1. The highest BCUT2D eigenvalue weighted by Crippen LogP contribution is 2.57. The summed E-state index contributed by atoms with van der Waals surface area (Å²) in [6.07, 6.45) is 21.9. The summed E-state index contributed by atoms with van der Waals surface area (Å²) in [6, 6.07) is 0. The van der Waals surface area contributed by atoms with Crippen molar-refractivity contribution in [1.29, 1.82) is 0 Å². The van der Waals surface area contributed by atoms with E-state index in [9.17, 15) is 128 Å². The molecule has 2 heterocycles. The number of hydrogen-bond donors (Lipinski definition) is 2. The molecule has 0 aliphatic carbocycles. The molecule has 2 aliphatic rings. The van der Waals surface area contributed by atoms with E-state index in [1.165, 1.54) is 167 Å². The molecule has 96 heavy (non-hydrogen) atoms. The van der Waals surface area contributed by atoms with E-state index in [4.69, 9.17) is 5.73 Å². The molecule has 570 valence electrons. The summed E-state index contributed by atoms with van der Waals surface area (Å²) in [5.74, 6) is -35.8. The highest BCUT2D eigenvalue weighted by Gasteiger charge is 2.87. The third-order valence-corrected chi connectivity index (χ3v) is 19.6. The van der Waals surface area contributed by atoms with E-state index < -0.39 is 164 Å². The SMILES string of the molecule is CCCCCCCCCCCCCCCCCCN.CCCCCCCCCCCCCCCCCCNC(=O)C(=O)N1CCN(S(=O)(=O)C(F)(F)C(F)(F)C(F)(F)C(F)(F)F)CC1.O=C(OCC(F)(F)F)C(=O)N1CCN(S(=O)(=O)C(F)(F)C(F)(F)C(F)(F)C(F)(F)F)CC1. The zero-order valence-corrected chi connectivity index (χ0v) is 55.8. The number of ether oxygens (including phenoxy) is 1. The van der Waals surface area contributed by atoms with Crippen LogP contribution in [0, 0.1) is 0 Å². The molecule has 2 saturated heterocycles. The number of esters is 1. The number of nitrogens with one attached hydrogen (secondary N) is 1. The first-order valence-electron chi connectivity index (χ1n) is 32.5. The number of piperazine rings is 2. The van der Waals surface area contributed by atoms with E-state index in [1.807, 2.05) is 0 Å². The van der Waals surface area contributed by atoms with Gasteiger partial charge in [0.1, 0.15) is 0 Å². The molecule has 2 aliphatic heterocycles. The third-order valence-electron chi connectivity index (χ3n) is 15.7. The number of carbonyl (C=O) groups excluding carboxylic acids is 4. The Morgan fingerprint density at radius 3 is 0.865 bits per heavy atom. The number of hydrogen-bond acceptors (Lipinski definition) is 10. The monoisotopic (exact) mass is 1480 g/mol. The van der Waals surface area contributed by atoms with Crippen molar-refractivity contribution in [3.63, 3.8) is 0 Å². The van der Waals surface area contributed by atoms with Crippen LogP contribution in [0.25, 0.3) is 0 Å². The average Bonchev–Trinajstić information content (AvgIpc) is 0.728. The Labute approximate surface area is 548 Å². The predicted octanol–water partition coefficient (Wildman–Crippen LogP) is 15.5. The van der Waals surface area contributed by atoms with Gasteiger partial charge in [-0.25, -0.2) is 21.6 Å². The van der Waals surface area contributed by atoms with Crippen LogP contribution in [0.4, 0.5) is 92.2 Å². The van der Waals surface area contributed by atoms with Crippen molar-refractivity contribution >= 4 is 43.7 Å². The molecule has 0 aromatic heterocycles. The predicted molar refractivity (Wildman–Crippen MR) is 314 cm³/mol. The van der Waals surface area contributed by atoms with Crippen LogP contribution in [0.2, 0.25) is 0 Å². The summed E-state index contributed by atoms with van der Waals surface area (Å²) in [7, 11) is -13.6. The number of amides is 3. The Morgan fingerprint density at radius 1 is 0.365 bits per heavy atom. The van der Waals surface area contributed by atoms with E-state index in [0.29, 0.717) is 6.42 Å². The molecule has 2 fully saturated rings. The van der Waals surface area contributed by atoms with Gasteiger partial charge in [0.05, 0.1) is 0 Å². The summed E-state index contributed by atoms with van der Waals surface area (Å²) in [5.41, 5.74) is 5.48. The Bertz CT molecular complexity index is 2430. The molecule has 2 rings (SSSR count). The second kappa shape index (κ2) is 43.1. The number of carbonyl (C=O) groups is 4. The number of alkyl halides is 21. The first-order chi connectivity index (χ1) is 44.3. The number of rotatable bonds is 42. The Hall–Kier alpha value is -3.81. The maximum absolute atomic E-state index is 14.1. The number of nitrogens with zero attached hydrogens (tertiary/aromatic N) is 4. The van der Waals surface area contributed by atoms with E-state index in [0.717, 1.165) is 43.5 Å². The van der Waals surface area contributed by atoms with Crippen LogP contribution in [-0.4, -0.2) is 184 Å². The van der Waals surface area contributed by atoms with Crippen molar-refractivity contribution in [1.82, 2.24) is 23.7 Å². The highest BCUT2D eigenvalue weighted by molar-refractivity contribution is 7.90. The molecule has 3 N–H and O–H groups in total. The van der Waals surface area contributed by atoms with Crippen LogP contribution in [-0.2, 0) is 44.0 Å². The fourth-order valence-electron chi connectivity index (χ4n) is 9.76. The maximum Gasteiger partial charge on any atom is 0.460 e. The van der Waals surface area contributed by atoms with Crippen molar-refractivity contribution in [2.24, 2.45) is 5.73 Å². The van der Waals surface area contributed by atoms with Gasteiger partial charge in [0, 0.05) is 58.9 Å². The molecule has 0 atom stereocenters. The lowest BCUT2D eigenvalue weighted by Gasteiger charge is -2.38. The third kappa shape index (κ3) is 29.0. The summed E-state index contributed by atoms with van der Waals surface area (Å²) in [4.78, 5) is 48.2. The molecule has 3 amide bonds. The average molecular weight is 1480 g/mol. The highest BCUT2D eigenvalue weighted by atomic mass is 32.2. The first-order valence-corrected chi connectivity index (χ1v) is 35.4. The quantitative estimate of drug-likeness (QED) is 0.0257. The fraction of sp³-hybridized carbons (Fsp3) is 0.931. The Morgan fingerprint density at radius 2 is 0.615 bits per heavy atom. The number of sulfonamides is 2. The lowest BCUT2D eigenvalue weighted by Crippen LogP contribution is -2.66.